The fourth-order valence-electron chi connectivity index (χ4n) is 0.940. The Morgan fingerprint density at radius 1 is 1.50 bits per heavy atom. The van der Waals surface area contributed by atoms with Crippen LogP contribution in [-0.4, -0.2) is 27.3 Å². The van der Waals surface area contributed by atoms with Crippen LogP contribution in [0.25, 0.3) is 0 Å². The second kappa shape index (κ2) is 5.31. The van der Waals surface area contributed by atoms with E-state index in [1.165, 1.54) is 11.8 Å². The van der Waals surface area contributed by atoms with E-state index in [0.29, 0.717) is 5.16 Å². The molecule has 0 unspecified atom stereocenters. The van der Waals surface area contributed by atoms with Gasteiger partial charge in [-0.2, -0.15) is 4.98 Å². The average molecular weight is 264 g/mol. The molecule has 0 radical (unpaired) electrons. The van der Waals surface area contributed by atoms with E-state index in [-0.39, 0.29) is 17.1 Å². The van der Waals surface area contributed by atoms with Crippen molar-refractivity contribution in [3.05, 3.63) is 15.3 Å². The lowest BCUT2D eigenvalue weighted by molar-refractivity contribution is -0.386. The molecule has 8 heteroatoms. The SMILES string of the molecule is CSc1nc(Cl)c([N+](=O)[O-])c(OC(C)C)n1. The Bertz CT molecular complexity index is 414. The molecule has 0 amide bonds. The summed E-state index contributed by atoms with van der Waals surface area (Å²) in [6.45, 7) is 3.50. The molecule has 0 aliphatic heterocycles. The third-order valence-electron chi connectivity index (χ3n) is 1.50. The Morgan fingerprint density at radius 3 is 2.56 bits per heavy atom. The van der Waals surface area contributed by atoms with E-state index in [2.05, 4.69) is 9.97 Å². The van der Waals surface area contributed by atoms with Crippen molar-refractivity contribution in [1.82, 2.24) is 9.97 Å². The molecule has 1 aromatic rings. The Balaban J connectivity index is 3.28. The largest absolute Gasteiger partial charge is 0.470 e. The van der Waals surface area contributed by atoms with E-state index in [9.17, 15) is 10.1 Å². The van der Waals surface area contributed by atoms with Crippen LogP contribution in [0.5, 0.6) is 5.88 Å². The van der Waals surface area contributed by atoms with Gasteiger partial charge in [0.2, 0.25) is 5.15 Å². The molecular weight excluding hydrogens is 254 g/mol. The molecule has 0 saturated heterocycles. The molecule has 0 spiro atoms. The number of ether oxygens (including phenoxy) is 1. The van der Waals surface area contributed by atoms with Gasteiger partial charge in [0.25, 0.3) is 5.88 Å². The summed E-state index contributed by atoms with van der Waals surface area (Å²) < 4.78 is 5.24. The predicted molar refractivity (Wildman–Crippen MR) is 61.2 cm³/mol. The van der Waals surface area contributed by atoms with Crippen LogP contribution in [0.1, 0.15) is 13.8 Å². The van der Waals surface area contributed by atoms with Crippen molar-refractivity contribution in [2.45, 2.75) is 25.1 Å². The first kappa shape index (κ1) is 13.0. The number of rotatable bonds is 4. The van der Waals surface area contributed by atoms with Crippen molar-refractivity contribution in [3.8, 4) is 5.88 Å². The molecule has 0 aromatic carbocycles. The standard InChI is InChI=1S/C8H10ClN3O3S/c1-4(2)15-7-5(12(13)14)6(9)10-8(11-7)16-3/h4H,1-3H3. The highest BCUT2D eigenvalue weighted by Crippen LogP contribution is 2.33. The smallest absolute Gasteiger partial charge is 0.367 e. The Kier molecular flexibility index (Phi) is 4.31. The first-order valence-electron chi connectivity index (χ1n) is 4.38. The van der Waals surface area contributed by atoms with Crippen LogP contribution in [0.15, 0.2) is 5.16 Å². The van der Waals surface area contributed by atoms with Gasteiger partial charge in [-0.25, -0.2) is 4.98 Å². The fourth-order valence-corrected chi connectivity index (χ4v) is 1.58. The minimum Gasteiger partial charge on any atom is -0.470 e. The van der Waals surface area contributed by atoms with Gasteiger partial charge >= 0.3 is 5.69 Å². The van der Waals surface area contributed by atoms with Crippen LogP contribution in [0, 0.1) is 10.1 Å². The van der Waals surface area contributed by atoms with E-state index in [1.54, 1.807) is 20.1 Å². The summed E-state index contributed by atoms with van der Waals surface area (Å²) in [7, 11) is 0. The van der Waals surface area contributed by atoms with Crippen molar-refractivity contribution in [2.75, 3.05) is 6.26 Å². The molecule has 0 aliphatic carbocycles. The first-order valence-corrected chi connectivity index (χ1v) is 5.98. The molecule has 0 saturated carbocycles. The summed E-state index contributed by atoms with van der Waals surface area (Å²) in [6, 6.07) is 0. The topological polar surface area (TPSA) is 78.2 Å². The van der Waals surface area contributed by atoms with Crippen LogP contribution in [0.3, 0.4) is 0 Å². The number of hydrogen-bond donors (Lipinski definition) is 0. The third-order valence-corrected chi connectivity index (χ3v) is 2.31. The molecule has 6 nitrogen and oxygen atoms in total. The molecule has 1 aromatic heterocycles. The molecule has 0 fully saturated rings. The number of nitro groups is 1. The highest BCUT2D eigenvalue weighted by atomic mass is 35.5. The molecule has 16 heavy (non-hydrogen) atoms. The monoisotopic (exact) mass is 263 g/mol. The van der Waals surface area contributed by atoms with Gasteiger partial charge in [-0.15, -0.1) is 0 Å². The van der Waals surface area contributed by atoms with E-state index >= 15 is 0 Å². The zero-order chi connectivity index (χ0) is 12.3. The van der Waals surface area contributed by atoms with Crippen molar-refractivity contribution >= 4 is 29.1 Å². The van der Waals surface area contributed by atoms with Crippen molar-refractivity contribution in [3.63, 3.8) is 0 Å². The van der Waals surface area contributed by atoms with Gasteiger partial charge in [0, 0.05) is 0 Å². The zero-order valence-corrected chi connectivity index (χ0v) is 10.5. The van der Waals surface area contributed by atoms with Gasteiger partial charge in [-0.1, -0.05) is 23.4 Å². The number of hydrogen-bond acceptors (Lipinski definition) is 6. The summed E-state index contributed by atoms with van der Waals surface area (Å²) in [5.41, 5.74) is -0.395. The van der Waals surface area contributed by atoms with Crippen LogP contribution < -0.4 is 4.74 Å². The minimum absolute atomic E-state index is 0.0932. The summed E-state index contributed by atoms with van der Waals surface area (Å²) in [5.74, 6) is -0.0932. The van der Waals surface area contributed by atoms with Gasteiger partial charge in [0.15, 0.2) is 5.16 Å². The minimum atomic E-state index is -0.649. The van der Waals surface area contributed by atoms with Crippen molar-refractivity contribution in [1.29, 1.82) is 0 Å². The Labute approximate surface area is 102 Å². The van der Waals surface area contributed by atoms with E-state index in [1.807, 2.05) is 0 Å². The number of thioether (sulfide) groups is 1. The molecule has 0 atom stereocenters. The van der Waals surface area contributed by atoms with E-state index < -0.39 is 10.6 Å². The lowest BCUT2D eigenvalue weighted by atomic mass is 10.4. The Morgan fingerprint density at radius 2 is 2.12 bits per heavy atom. The van der Waals surface area contributed by atoms with E-state index in [4.69, 9.17) is 16.3 Å². The molecule has 1 heterocycles. The second-order valence-corrected chi connectivity index (χ2v) is 4.21. The molecular formula is C8H10ClN3O3S. The molecule has 1 rings (SSSR count). The Hall–Kier alpha value is -1.08. The number of aromatic nitrogens is 2. The van der Waals surface area contributed by atoms with Crippen molar-refractivity contribution in [2.24, 2.45) is 0 Å². The van der Waals surface area contributed by atoms with Gasteiger partial charge in [-0.05, 0) is 20.1 Å². The maximum atomic E-state index is 10.8. The summed E-state index contributed by atoms with van der Waals surface area (Å²) in [4.78, 5) is 17.8. The van der Waals surface area contributed by atoms with Crippen molar-refractivity contribution < 1.29 is 9.66 Å². The second-order valence-electron chi connectivity index (χ2n) is 3.08. The predicted octanol–water partition coefficient (Wildman–Crippen LogP) is 2.55. The summed E-state index contributed by atoms with van der Waals surface area (Å²) >= 11 is 6.94. The highest BCUT2D eigenvalue weighted by Gasteiger charge is 2.25. The molecule has 0 aliphatic rings. The summed E-state index contributed by atoms with van der Waals surface area (Å²) in [5, 5.41) is 10.9. The van der Waals surface area contributed by atoms with Crippen LogP contribution >= 0.6 is 23.4 Å². The highest BCUT2D eigenvalue weighted by molar-refractivity contribution is 7.98. The number of nitrogens with zero attached hydrogens (tertiary/aromatic N) is 3. The zero-order valence-electron chi connectivity index (χ0n) is 8.93. The maximum absolute atomic E-state index is 10.8. The molecule has 0 N–H and O–H groups in total. The van der Waals surface area contributed by atoms with Crippen LogP contribution in [0.2, 0.25) is 5.15 Å². The van der Waals surface area contributed by atoms with E-state index in [0.717, 1.165) is 0 Å². The maximum Gasteiger partial charge on any atom is 0.367 e. The number of halogens is 1. The van der Waals surface area contributed by atoms with Crippen LogP contribution in [-0.2, 0) is 0 Å². The normalized spacial score (nSPS) is 10.6. The van der Waals surface area contributed by atoms with Gasteiger partial charge in [0.05, 0.1) is 11.0 Å². The first-order chi connectivity index (χ1) is 7.45. The van der Waals surface area contributed by atoms with Gasteiger partial charge in [-0.3, -0.25) is 10.1 Å². The molecule has 88 valence electrons. The fraction of sp³-hybridized carbons (Fsp3) is 0.500. The average Bonchev–Trinajstić information content (AvgIpc) is 2.14. The van der Waals surface area contributed by atoms with Gasteiger partial charge < -0.3 is 4.74 Å². The lowest BCUT2D eigenvalue weighted by Crippen LogP contribution is -2.10. The quantitative estimate of drug-likeness (QED) is 0.273. The molecule has 0 bridgehead atoms. The lowest BCUT2D eigenvalue weighted by Gasteiger charge is -2.09. The van der Waals surface area contributed by atoms with Crippen LogP contribution in [0.4, 0.5) is 5.69 Å². The van der Waals surface area contributed by atoms with Gasteiger partial charge in [0.1, 0.15) is 0 Å². The summed E-state index contributed by atoms with van der Waals surface area (Å²) in [6.07, 6.45) is 1.52. The third kappa shape index (κ3) is 2.96.